The van der Waals surface area contributed by atoms with Gasteiger partial charge in [0.05, 0.1) is 6.04 Å². The minimum Gasteiger partial charge on any atom is -0.305 e. The average molecular weight is 125 g/mol. The molecular weight excluding hydrogens is 114 g/mol. The van der Waals surface area contributed by atoms with Crippen molar-refractivity contribution in [2.45, 2.75) is 37.8 Å². The van der Waals surface area contributed by atoms with E-state index in [1.54, 1.807) is 0 Å². The van der Waals surface area contributed by atoms with Gasteiger partial charge in [0.15, 0.2) is 0 Å². The summed E-state index contributed by atoms with van der Waals surface area (Å²) in [5.41, 5.74) is 0. The minimum absolute atomic E-state index is 0.240. The molecule has 2 saturated heterocycles. The maximum atomic E-state index is 11.0. The highest BCUT2D eigenvalue weighted by molar-refractivity contribution is 5.85. The Morgan fingerprint density at radius 3 is 3.00 bits per heavy atom. The fraction of sp³-hybridized carbons (Fsp3) is 0.857. The average Bonchev–Trinajstić information content (AvgIpc) is 2.25. The number of carbonyl (C=O) groups is 1. The third kappa shape index (κ3) is 0.778. The van der Waals surface area contributed by atoms with Gasteiger partial charge in [-0.05, 0) is 19.3 Å². The van der Waals surface area contributed by atoms with Crippen LogP contribution in [0.5, 0.6) is 0 Å². The van der Waals surface area contributed by atoms with Gasteiger partial charge in [-0.1, -0.05) is 0 Å². The molecule has 2 atom stereocenters. The number of nitrogens with one attached hydrogen (secondary N) is 1. The van der Waals surface area contributed by atoms with Crippen LogP contribution in [0.3, 0.4) is 0 Å². The first-order chi connectivity index (χ1) is 4.36. The Hall–Kier alpha value is -0.370. The molecule has 2 fully saturated rings. The Bertz CT molecular complexity index is 144. The van der Waals surface area contributed by atoms with Crippen LogP contribution < -0.4 is 5.32 Å². The summed E-state index contributed by atoms with van der Waals surface area (Å²) in [6.07, 6.45) is 4.21. The number of ketones is 1. The van der Waals surface area contributed by atoms with Gasteiger partial charge in [0.2, 0.25) is 0 Å². The molecule has 2 aliphatic rings. The Morgan fingerprint density at radius 2 is 2.22 bits per heavy atom. The second kappa shape index (κ2) is 1.81. The highest BCUT2D eigenvalue weighted by atomic mass is 16.1. The van der Waals surface area contributed by atoms with Crippen LogP contribution in [0.2, 0.25) is 0 Å². The smallest absolute Gasteiger partial charge is 0.149 e. The molecule has 0 aromatic carbocycles. The molecule has 0 radical (unpaired) electrons. The van der Waals surface area contributed by atoms with Crippen molar-refractivity contribution in [3.63, 3.8) is 0 Å². The first kappa shape index (κ1) is 5.42. The zero-order chi connectivity index (χ0) is 6.27. The monoisotopic (exact) mass is 125 g/mol. The van der Waals surface area contributed by atoms with E-state index in [9.17, 15) is 4.79 Å². The predicted octanol–water partition coefficient (Wildman–Crippen LogP) is 0.470. The van der Waals surface area contributed by atoms with Gasteiger partial charge < -0.3 is 5.32 Å². The number of Topliss-reactive ketones (excluding diaryl/α,β-unsaturated/α-hetero) is 1. The van der Waals surface area contributed by atoms with E-state index in [4.69, 9.17) is 0 Å². The Balaban J connectivity index is 2.14. The molecule has 2 heterocycles. The quantitative estimate of drug-likeness (QED) is 0.510. The second-order valence-electron chi connectivity index (χ2n) is 3.00. The standard InChI is InChI=1S/C7H11NO/c9-7-4-2-5-1-3-6(7)8-5/h5-6,8H,1-4H2/t5-,6-/m0/s1. The van der Waals surface area contributed by atoms with Crippen LogP contribution in [0.1, 0.15) is 25.7 Å². The molecule has 9 heavy (non-hydrogen) atoms. The fourth-order valence-corrected chi connectivity index (χ4v) is 1.79. The van der Waals surface area contributed by atoms with Gasteiger partial charge >= 0.3 is 0 Å². The van der Waals surface area contributed by atoms with E-state index >= 15 is 0 Å². The first-order valence-corrected chi connectivity index (χ1v) is 3.65. The Morgan fingerprint density at radius 1 is 1.33 bits per heavy atom. The summed E-state index contributed by atoms with van der Waals surface area (Å²) in [4.78, 5) is 11.0. The van der Waals surface area contributed by atoms with Crippen LogP contribution in [0.15, 0.2) is 0 Å². The van der Waals surface area contributed by atoms with E-state index < -0.39 is 0 Å². The van der Waals surface area contributed by atoms with Crippen LogP contribution in [-0.4, -0.2) is 17.9 Å². The Kier molecular flexibility index (Phi) is 1.09. The third-order valence-corrected chi connectivity index (χ3v) is 2.37. The summed E-state index contributed by atoms with van der Waals surface area (Å²) < 4.78 is 0. The van der Waals surface area contributed by atoms with Crippen molar-refractivity contribution in [3.8, 4) is 0 Å². The molecule has 0 aliphatic carbocycles. The van der Waals surface area contributed by atoms with E-state index in [-0.39, 0.29) is 6.04 Å². The van der Waals surface area contributed by atoms with E-state index in [1.165, 1.54) is 6.42 Å². The lowest BCUT2D eigenvalue weighted by molar-refractivity contribution is -0.121. The lowest BCUT2D eigenvalue weighted by Gasteiger charge is -2.18. The van der Waals surface area contributed by atoms with Crippen molar-refractivity contribution in [2.24, 2.45) is 0 Å². The van der Waals surface area contributed by atoms with Crippen molar-refractivity contribution in [1.29, 1.82) is 0 Å². The topological polar surface area (TPSA) is 29.1 Å². The van der Waals surface area contributed by atoms with Crippen molar-refractivity contribution < 1.29 is 4.79 Å². The van der Waals surface area contributed by atoms with Crippen LogP contribution in [0.25, 0.3) is 0 Å². The molecule has 0 saturated carbocycles. The van der Waals surface area contributed by atoms with Crippen LogP contribution >= 0.6 is 0 Å². The van der Waals surface area contributed by atoms with Crippen LogP contribution in [0.4, 0.5) is 0 Å². The molecular formula is C7H11NO. The largest absolute Gasteiger partial charge is 0.305 e. The normalized spacial score (nSPS) is 41.6. The minimum atomic E-state index is 0.240. The van der Waals surface area contributed by atoms with Crippen LogP contribution in [0, 0.1) is 0 Å². The molecule has 2 heteroatoms. The highest BCUT2D eigenvalue weighted by Crippen LogP contribution is 2.23. The molecule has 0 aromatic rings. The molecule has 0 unspecified atom stereocenters. The number of piperidine rings is 1. The number of rotatable bonds is 0. The maximum absolute atomic E-state index is 11.0. The number of carbonyl (C=O) groups excluding carboxylic acids is 1. The molecule has 0 amide bonds. The molecule has 0 spiro atoms. The lowest BCUT2D eigenvalue weighted by Crippen LogP contribution is -2.40. The zero-order valence-corrected chi connectivity index (χ0v) is 5.39. The van der Waals surface area contributed by atoms with Gasteiger partial charge in [0, 0.05) is 12.5 Å². The molecule has 2 rings (SSSR count). The van der Waals surface area contributed by atoms with Crippen molar-refractivity contribution in [1.82, 2.24) is 5.32 Å². The SMILES string of the molecule is O=C1CC[C@@H]2CC[C@@H]1N2. The van der Waals surface area contributed by atoms with E-state index in [0.717, 1.165) is 19.3 Å². The molecule has 2 bridgehead atoms. The van der Waals surface area contributed by atoms with Crippen molar-refractivity contribution >= 4 is 5.78 Å². The van der Waals surface area contributed by atoms with Gasteiger partial charge in [-0.2, -0.15) is 0 Å². The number of hydrogen-bond acceptors (Lipinski definition) is 2. The maximum Gasteiger partial charge on any atom is 0.149 e. The van der Waals surface area contributed by atoms with E-state index in [2.05, 4.69) is 5.32 Å². The molecule has 1 N–H and O–H groups in total. The molecule has 2 nitrogen and oxygen atoms in total. The zero-order valence-electron chi connectivity index (χ0n) is 5.39. The summed E-state index contributed by atoms with van der Waals surface area (Å²) in [6, 6.07) is 0.913. The van der Waals surface area contributed by atoms with Crippen molar-refractivity contribution in [3.05, 3.63) is 0 Å². The second-order valence-corrected chi connectivity index (χ2v) is 3.00. The number of fused-ring (bicyclic) bond motifs is 2. The molecule has 2 aliphatic heterocycles. The fourth-order valence-electron chi connectivity index (χ4n) is 1.79. The summed E-state index contributed by atoms with van der Waals surface area (Å²) in [7, 11) is 0. The third-order valence-electron chi connectivity index (χ3n) is 2.37. The Labute approximate surface area is 54.6 Å². The summed E-state index contributed by atoms with van der Waals surface area (Å²) >= 11 is 0. The van der Waals surface area contributed by atoms with Gasteiger partial charge in [-0.25, -0.2) is 0 Å². The van der Waals surface area contributed by atoms with Gasteiger partial charge in [-0.15, -0.1) is 0 Å². The number of hydrogen-bond donors (Lipinski definition) is 1. The van der Waals surface area contributed by atoms with E-state index in [0.29, 0.717) is 11.8 Å². The van der Waals surface area contributed by atoms with Gasteiger partial charge in [0.25, 0.3) is 0 Å². The van der Waals surface area contributed by atoms with Gasteiger partial charge in [0.1, 0.15) is 5.78 Å². The summed E-state index contributed by atoms with van der Waals surface area (Å²) in [5, 5.41) is 3.29. The van der Waals surface area contributed by atoms with Crippen molar-refractivity contribution in [2.75, 3.05) is 0 Å². The molecule has 0 aromatic heterocycles. The van der Waals surface area contributed by atoms with Crippen LogP contribution in [-0.2, 0) is 4.79 Å². The summed E-state index contributed by atoms with van der Waals surface area (Å²) in [6.45, 7) is 0. The van der Waals surface area contributed by atoms with Gasteiger partial charge in [-0.3, -0.25) is 4.79 Å². The van der Waals surface area contributed by atoms with E-state index in [1.807, 2.05) is 0 Å². The summed E-state index contributed by atoms with van der Waals surface area (Å²) in [5.74, 6) is 0.434. The first-order valence-electron chi connectivity index (χ1n) is 3.65. The lowest BCUT2D eigenvalue weighted by atomic mass is 10.1. The molecule has 50 valence electrons. The predicted molar refractivity (Wildman–Crippen MR) is 34.2 cm³/mol. The highest BCUT2D eigenvalue weighted by Gasteiger charge is 2.33.